The number of anilines is 1. The predicted octanol–water partition coefficient (Wildman–Crippen LogP) is 3.85. The van der Waals surface area contributed by atoms with Crippen molar-refractivity contribution in [2.24, 2.45) is 11.7 Å². The van der Waals surface area contributed by atoms with Crippen LogP contribution in [0.1, 0.15) is 41.4 Å². The first-order valence-corrected chi connectivity index (χ1v) is 10.1. The number of pyridine rings is 1. The number of aromatic nitrogens is 1. The molecule has 0 saturated carbocycles. The topological polar surface area (TPSA) is 104 Å². The molecule has 4 atom stereocenters. The van der Waals surface area contributed by atoms with Crippen LogP contribution < -0.4 is 15.8 Å². The first-order chi connectivity index (χ1) is 15.7. The number of alkyl halides is 3. The largest absolute Gasteiger partial charge is 0.493 e. The van der Waals surface area contributed by atoms with Gasteiger partial charge in [0.2, 0.25) is 5.82 Å². The number of hydrogen-bond acceptors (Lipinski definition) is 5. The summed E-state index contributed by atoms with van der Waals surface area (Å²) in [7, 11) is 1.03. The van der Waals surface area contributed by atoms with Crippen molar-refractivity contribution in [1.29, 1.82) is 0 Å². The van der Waals surface area contributed by atoms with Gasteiger partial charge in [-0.2, -0.15) is 17.6 Å². The normalized spacial score (nSPS) is 24.7. The second kappa shape index (κ2) is 8.82. The Balaban J connectivity index is 2.10. The number of nitrogens with zero attached hydrogens (tertiary/aromatic N) is 1. The van der Waals surface area contributed by atoms with Crippen molar-refractivity contribution in [3.8, 4) is 5.75 Å². The molecule has 0 unspecified atom stereocenters. The molecule has 2 aromatic rings. The van der Waals surface area contributed by atoms with Crippen LogP contribution in [0.15, 0.2) is 24.4 Å². The van der Waals surface area contributed by atoms with Crippen molar-refractivity contribution in [3.63, 3.8) is 0 Å². The van der Waals surface area contributed by atoms with Gasteiger partial charge in [0.1, 0.15) is 11.8 Å². The van der Waals surface area contributed by atoms with Crippen LogP contribution >= 0.6 is 0 Å². The summed E-state index contributed by atoms with van der Waals surface area (Å²) in [5.41, 5.74) is 2.53. The first kappa shape index (κ1) is 25.3. The molecule has 12 heteroatoms. The zero-order valence-corrected chi connectivity index (χ0v) is 18.6. The predicted molar refractivity (Wildman–Crippen MR) is 110 cm³/mol. The Bertz CT molecular complexity index is 1140. The smallest absolute Gasteiger partial charge is 0.417 e. The molecule has 7 nitrogen and oxygen atoms in total. The van der Waals surface area contributed by atoms with E-state index >= 15 is 0 Å². The molecule has 3 N–H and O–H groups in total. The van der Waals surface area contributed by atoms with Gasteiger partial charge in [-0.1, -0.05) is 13.0 Å². The standard InChI is InChI=1S/C22H22F5N3O4/c1-9-8-29-14(19(28)31)7-13(9)30-20(32)18-15(10(2)21(3,34-18)22(25,26)27)11-5-6-12(23)16(24)17(11)33-4/h5-8,10,15,18H,1-4H3,(H2,28,31)(H,29,30,32)/t10-,15+,18+,21+/m1/s1. The Morgan fingerprint density at radius 1 is 1.26 bits per heavy atom. The molecular formula is C22H22F5N3O4. The molecule has 1 aromatic heterocycles. The number of carbonyl (C=O) groups excluding carboxylic acids is 2. The molecule has 1 aromatic carbocycles. The Labute approximate surface area is 191 Å². The maximum Gasteiger partial charge on any atom is 0.417 e. The van der Waals surface area contributed by atoms with Crippen LogP contribution in [0.4, 0.5) is 27.6 Å². The van der Waals surface area contributed by atoms with E-state index in [1.54, 1.807) is 6.92 Å². The van der Waals surface area contributed by atoms with Crippen LogP contribution in [0, 0.1) is 24.5 Å². The minimum Gasteiger partial charge on any atom is -0.493 e. The maximum atomic E-state index is 14.4. The molecule has 1 saturated heterocycles. The summed E-state index contributed by atoms with van der Waals surface area (Å²) in [5, 5.41) is 2.43. The average Bonchev–Trinajstić information content (AvgIpc) is 3.03. The highest BCUT2D eigenvalue weighted by molar-refractivity contribution is 5.98. The number of carbonyl (C=O) groups is 2. The van der Waals surface area contributed by atoms with E-state index in [9.17, 15) is 31.5 Å². The number of amides is 2. The second-order valence-electron chi connectivity index (χ2n) is 8.18. The van der Waals surface area contributed by atoms with Gasteiger partial charge in [0.15, 0.2) is 17.2 Å². The van der Waals surface area contributed by atoms with Crippen LogP contribution in [0.5, 0.6) is 5.75 Å². The van der Waals surface area contributed by atoms with E-state index in [-0.39, 0.29) is 16.9 Å². The summed E-state index contributed by atoms with van der Waals surface area (Å²) < 4.78 is 80.4. The Morgan fingerprint density at radius 2 is 1.91 bits per heavy atom. The van der Waals surface area contributed by atoms with E-state index in [1.807, 2.05) is 0 Å². The molecular weight excluding hydrogens is 465 g/mol. The molecule has 0 bridgehead atoms. The van der Waals surface area contributed by atoms with Crippen LogP contribution in [0.25, 0.3) is 0 Å². The summed E-state index contributed by atoms with van der Waals surface area (Å²) in [6.07, 6.45) is -5.41. The molecule has 1 aliphatic rings. The summed E-state index contributed by atoms with van der Waals surface area (Å²) in [6, 6.07) is 2.97. The number of benzene rings is 1. The Morgan fingerprint density at radius 3 is 2.47 bits per heavy atom. The number of methoxy groups -OCH3 is 1. The minimum atomic E-state index is -4.89. The fourth-order valence-electron chi connectivity index (χ4n) is 4.04. The molecule has 2 heterocycles. The van der Waals surface area contributed by atoms with Crippen molar-refractivity contribution < 1.29 is 41.0 Å². The lowest BCUT2D eigenvalue weighted by Crippen LogP contribution is -2.47. The molecule has 0 spiro atoms. The van der Waals surface area contributed by atoms with Gasteiger partial charge in [-0.25, -0.2) is 4.39 Å². The summed E-state index contributed by atoms with van der Waals surface area (Å²) in [4.78, 5) is 28.4. The van der Waals surface area contributed by atoms with Gasteiger partial charge in [-0.3, -0.25) is 14.6 Å². The summed E-state index contributed by atoms with van der Waals surface area (Å²) >= 11 is 0. The molecule has 1 aliphatic heterocycles. The maximum absolute atomic E-state index is 14.4. The fourth-order valence-corrected chi connectivity index (χ4v) is 4.04. The Kier molecular flexibility index (Phi) is 6.57. The minimum absolute atomic E-state index is 0.0710. The molecule has 0 radical (unpaired) electrons. The van der Waals surface area contributed by atoms with Crippen LogP contribution in [-0.4, -0.2) is 41.8 Å². The zero-order chi connectivity index (χ0) is 25.6. The van der Waals surface area contributed by atoms with Gasteiger partial charge in [-0.15, -0.1) is 0 Å². The van der Waals surface area contributed by atoms with Crippen molar-refractivity contribution in [3.05, 3.63) is 52.9 Å². The number of nitrogens with one attached hydrogen (secondary N) is 1. The Hall–Kier alpha value is -3.28. The highest BCUT2D eigenvalue weighted by atomic mass is 19.4. The van der Waals surface area contributed by atoms with E-state index in [0.29, 0.717) is 5.56 Å². The third-order valence-electron chi connectivity index (χ3n) is 6.18. The third kappa shape index (κ3) is 4.17. The van der Waals surface area contributed by atoms with Crippen LogP contribution in [-0.2, 0) is 9.53 Å². The van der Waals surface area contributed by atoms with E-state index in [2.05, 4.69) is 10.3 Å². The van der Waals surface area contributed by atoms with Gasteiger partial charge in [-0.05, 0) is 31.5 Å². The molecule has 184 valence electrons. The molecule has 1 fully saturated rings. The highest BCUT2D eigenvalue weighted by Crippen LogP contribution is 2.55. The van der Waals surface area contributed by atoms with Gasteiger partial charge in [0.25, 0.3) is 11.8 Å². The molecule has 2 amide bonds. The van der Waals surface area contributed by atoms with Crippen LogP contribution in [0.2, 0.25) is 0 Å². The second-order valence-corrected chi connectivity index (χ2v) is 8.18. The number of nitrogens with two attached hydrogens (primary N) is 1. The lowest BCUT2D eigenvalue weighted by atomic mass is 9.77. The number of ether oxygens (including phenoxy) is 2. The SMILES string of the molecule is COc1c([C@H]2[C@@H](C(=O)Nc3cc(C(N)=O)ncc3C)O[C@](C)(C(F)(F)F)[C@@H]2C)ccc(F)c1F. The van der Waals surface area contributed by atoms with Crippen molar-refractivity contribution in [1.82, 2.24) is 4.98 Å². The van der Waals surface area contributed by atoms with E-state index in [4.69, 9.17) is 15.2 Å². The van der Waals surface area contributed by atoms with Gasteiger partial charge >= 0.3 is 6.18 Å². The monoisotopic (exact) mass is 487 g/mol. The number of aryl methyl sites for hydroxylation is 1. The molecule has 34 heavy (non-hydrogen) atoms. The van der Waals surface area contributed by atoms with Gasteiger partial charge in [0, 0.05) is 29.3 Å². The average molecular weight is 487 g/mol. The van der Waals surface area contributed by atoms with E-state index in [1.165, 1.54) is 19.2 Å². The fraction of sp³-hybridized carbons (Fsp3) is 0.409. The lowest BCUT2D eigenvalue weighted by molar-refractivity contribution is -0.272. The number of hydrogen-bond donors (Lipinski definition) is 2. The van der Waals surface area contributed by atoms with E-state index in [0.717, 1.165) is 26.2 Å². The number of halogens is 5. The lowest BCUT2D eigenvalue weighted by Gasteiger charge is -2.32. The number of rotatable bonds is 5. The molecule has 0 aliphatic carbocycles. The summed E-state index contributed by atoms with van der Waals surface area (Å²) in [5.74, 6) is -7.94. The summed E-state index contributed by atoms with van der Waals surface area (Å²) in [6.45, 7) is 3.53. The van der Waals surface area contributed by atoms with Crippen molar-refractivity contribution in [2.75, 3.05) is 12.4 Å². The zero-order valence-electron chi connectivity index (χ0n) is 18.6. The first-order valence-electron chi connectivity index (χ1n) is 10.1. The molecule has 3 rings (SSSR count). The van der Waals surface area contributed by atoms with Gasteiger partial charge in [0.05, 0.1) is 7.11 Å². The quantitative estimate of drug-likeness (QED) is 0.624. The van der Waals surface area contributed by atoms with Crippen molar-refractivity contribution in [2.45, 2.75) is 44.6 Å². The van der Waals surface area contributed by atoms with Crippen LogP contribution in [0.3, 0.4) is 0 Å². The van der Waals surface area contributed by atoms with E-state index < -0.39 is 58.9 Å². The number of primary amides is 1. The highest BCUT2D eigenvalue weighted by Gasteiger charge is 2.65. The van der Waals surface area contributed by atoms with Gasteiger partial charge < -0.3 is 20.5 Å². The third-order valence-corrected chi connectivity index (χ3v) is 6.18. The van der Waals surface area contributed by atoms with Crippen molar-refractivity contribution >= 4 is 17.5 Å².